The smallest absolute Gasteiger partial charge is 0.151 e. The molecule has 0 saturated carbocycles. The van der Waals surface area contributed by atoms with Crippen molar-refractivity contribution in [2.75, 3.05) is 20.3 Å². The molecule has 0 aliphatic rings. The molecule has 26 heavy (non-hydrogen) atoms. The Balaban J connectivity index is 3.37. The van der Waals surface area contributed by atoms with E-state index in [9.17, 15) is 4.79 Å². The fourth-order valence-electron chi connectivity index (χ4n) is 3.13. The summed E-state index contributed by atoms with van der Waals surface area (Å²) in [5.74, 6) is 0. The Morgan fingerprint density at radius 3 is 1.77 bits per heavy atom. The monoisotopic (exact) mass is 368 g/mol. The van der Waals surface area contributed by atoms with Crippen LogP contribution < -0.4 is 0 Å². The van der Waals surface area contributed by atoms with E-state index in [0.717, 1.165) is 19.1 Å². The summed E-state index contributed by atoms with van der Waals surface area (Å²) in [7, 11) is 1.65. The van der Waals surface area contributed by atoms with Gasteiger partial charge in [-0.1, -0.05) is 75.9 Å². The lowest BCUT2D eigenvalue weighted by atomic mass is 9.98. The molecule has 0 spiro atoms. The standard InChI is InChI=1S/C23H44O3/c1-22(2)17-15-13-11-9-7-5-6-8-10-12-14-16-18-23(3,21-24)26-20-19-25-4/h17,21H,5-16,18-20H2,1-4H3. The number of ether oxygens (including phenoxy) is 2. The Hall–Kier alpha value is -0.670. The number of unbranched alkanes of at least 4 members (excludes halogenated alkanes) is 11. The molecule has 0 bridgehead atoms. The molecule has 0 radical (unpaired) electrons. The maximum atomic E-state index is 11.2. The summed E-state index contributed by atoms with van der Waals surface area (Å²) in [4.78, 5) is 11.2. The first-order valence-corrected chi connectivity index (χ1v) is 10.8. The van der Waals surface area contributed by atoms with Crippen LogP contribution in [0.15, 0.2) is 11.6 Å². The molecule has 0 aromatic carbocycles. The summed E-state index contributed by atoms with van der Waals surface area (Å²) < 4.78 is 10.6. The highest BCUT2D eigenvalue weighted by molar-refractivity contribution is 5.61. The zero-order chi connectivity index (χ0) is 19.5. The van der Waals surface area contributed by atoms with E-state index in [1.807, 2.05) is 6.92 Å². The van der Waals surface area contributed by atoms with Crippen LogP contribution in [0.2, 0.25) is 0 Å². The van der Waals surface area contributed by atoms with Gasteiger partial charge in [-0.25, -0.2) is 0 Å². The van der Waals surface area contributed by atoms with Crippen molar-refractivity contribution in [3.05, 3.63) is 11.6 Å². The first-order valence-electron chi connectivity index (χ1n) is 10.8. The van der Waals surface area contributed by atoms with Crippen LogP contribution in [0.5, 0.6) is 0 Å². The van der Waals surface area contributed by atoms with Gasteiger partial charge >= 0.3 is 0 Å². The summed E-state index contributed by atoms with van der Waals surface area (Å²) >= 11 is 0. The van der Waals surface area contributed by atoms with Gasteiger partial charge in [-0.2, -0.15) is 0 Å². The Kier molecular flexibility index (Phi) is 17.3. The molecule has 0 amide bonds. The normalized spacial score (nSPS) is 13.4. The van der Waals surface area contributed by atoms with Gasteiger partial charge in [0.15, 0.2) is 6.29 Å². The highest BCUT2D eigenvalue weighted by Gasteiger charge is 2.23. The van der Waals surface area contributed by atoms with Gasteiger partial charge in [0.1, 0.15) is 5.60 Å². The molecule has 154 valence electrons. The van der Waals surface area contributed by atoms with Crippen LogP contribution in [0.25, 0.3) is 0 Å². The summed E-state index contributed by atoms with van der Waals surface area (Å²) in [6.45, 7) is 7.27. The van der Waals surface area contributed by atoms with Crippen molar-refractivity contribution in [2.24, 2.45) is 0 Å². The van der Waals surface area contributed by atoms with E-state index < -0.39 is 5.60 Å². The van der Waals surface area contributed by atoms with Crippen molar-refractivity contribution < 1.29 is 14.3 Å². The van der Waals surface area contributed by atoms with E-state index in [0.29, 0.717) is 13.2 Å². The topological polar surface area (TPSA) is 35.5 Å². The average molecular weight is 369 g/mol. The largest absolute Gasteiger partial charge is 0.382 e. The number of rotatable bonds is 19. The van der Waals surface area contributed by atoms with Crippen LogP contribution in [-0.2, 0) is 14.3 Å². The molecule has 0 aromatic rings. The van der Waals surface area contributed by atoms with Crippen LogP contribution in [0.3, 0.4) is 0 Å². The third-order valence-electron chi connectivity index (χ3n) is 4.90. The Morgan fingerprint density at radius 2 is 1.31 bits per heavy atom. The molecular weight excluding hydrogens is 324 g/mol. The van der Waals surface area contributed by atoms with Gasteiger partial charge in [-0.15, -0.1) is 0 Å². The number of carbonyl (C=O) groups is 1. The van der Waals surface area contributed by atoms with E-state index in [4.69, 9.17) is 9.47 Å². The Morgan fingerprint density at radius 1 is 0.808 bits per heavy atom. The zero-order valence-electron chi connectivity index (χ0n) is 18.0. The minimum atomic E-state index is -0.635. The van der Waals surface area contributed by atoms with Gasteiger partial charge in [0.05, 0.1) is 13.2 Å². The molecule has 0 N–H and O–H groups in total. The van der Waals surface area contributed by atoms with Crippen LogP contribution in [0, 0.1) is 0 Å². The molecule has 1 unspecified atom stereocenters. The lowest BCUT2D eigenvalue weighted by Gasteiger charge is -2.23. The second kappa shape index (κ2) is 17.7. The first-order chi connectivity index (χ1) is 12.5. The maximum absolute atomic E-state index is 11.2. The number of carbonyl (C=O) groups excluding carboxylic acids is 1. The van der Waals surface area contributed by atoms with Gasteiger partial charge < -0.3 is 14.3 Å². The van der Waals surface area contributed by atoms with Crippen molar-refractivity contribution in [3.63, 3.8) is 0 Å². The number of aldehydes is 1. The second-order valence-electron chi connectivity index (χ2n) is 7.98. The van der Waals surface area contributed by atoms with E-state index in [1.54, 1.807) is 7.11 Å². The highest BCUT2D eigenvalue weighted by atomic mass is 16.5. The number of hydrogen-bond donors (Lipinski definition) is 0. The molecule has 3 nitrogen and oxygen atoms in total. The first kappa shape index (κ1) is 25.3. The van der Waals surface area contributed by atoms with Crippen molar-refractivity contribution in [3.8, 4) is 0 Å². The van der Waals surface area contributed by atoms with Crippen LogP contribution in [0.1, 0.15) is 104 Å². The predicted molar refractivity (Wildman–Crippen MR) is 112 cm³/mol. The molecule has 0 heterocycles. The van der Waals surface area contributed by atoms with Gasteiger partial charge in [-0.3, -0.25) is 0 Å². The third-order valence-corrected chi connectivity index (χ3v) is 4.90. The third kappa shape index (κ3) is 16.8. The predicted octanol–water partition coefficient (Wildman–Crippen LogP) is 6.64. The number of hydrogen-bond acceptors (Lipinski definition) is 3. The zero-order valence-corrected chi connectivity index (χ0v) is 18.0. The molecule has 0 rings (SSSR count). The molecule has 3 heteroatoms. The number of allylic oxidation sites excluding steroid dienone is 2. The van der Waals surface area contributed by atoms with E-state index in [2.05, 4.69) is 19.9 Å². The van der Waals surface area contributed by atoms with Crippen molar-refractivity contribution >= 4 is 6.29 Å². The maximum Gasteiger partial charge on any atom is 0.151 e. The van der Waals surface area contributed by atoms with Crippen molar-refractivity contribution in [1.82, 2.24) is 0 Å². The molecule has 0 aliphatic carbocycles. The summed E-state index contributed by atoms with van der Waals surface area (Å²) in [6, 6.07) is 0. The van der Waals surface area contributed by atoms with Gasteiger partial charge in [0.25, 0.3) is 0 Å². The van der Waals surface area contributed by atoms with Crippen LogP contribution in [-0.4, -0.2) is 32.2 Å². The molecule has 1 atom stereocenters. The minimum absolute atomic E-state index is 0.487. The Bertz CT molecular complexity index is 347. The second-order valence-corrected chi connectivity index (χ2v) is 7.98. The number of methoxy groups -OCH3 is 1. The quantitative estimate of drug-likeness (QED) is 0.145. The fraction of sp³-hybridized carbons (Fsp3) is 0.870. The minimum Gasteiger partial charge on any atom is -0.382 e. The summed E-state index contributed by atoms with van der Waals surface area (Å²) in [6.07, 6.45) is 19.9. The Labute approximate surface area is 162 Å². The van der Waals surface area contributed by atoms with Gasteiger partial charge in [0, 0.05) is 7.11 Å². The molecule has 0 aliphatic heterocycles. The average Bonchev–Trinajstić information content (AvgIpc) is 2.62. The van der Waals surface area contributed by atoms with E-state index >= 15 is 0 Å². The van der Waals surface area contributed by atoms with Crippen LogP contribution in [0.4, 0.5) is 0 Å². The summed E-state index contributed by atoms with van der Waals surface area (Å²) in [5, 5.41) is 0. The van der Waals surface area contributed by atoms with Crippen molar-refractivity contribution in [2.45, 2.75) is 110 Å². The van der Waals surface area contributed by atoms with Gasteiger partial charge in [0.2, 0.25) is 0 Å². The van der Waals surface area contributed by atoms with Crippen LogP contribution >= 0.6 is 0 Å². The molecule has 0 saturated heterocycles. The lowest BCUT2D eigenvalue weighted by molar-refractivity contribution is -0.132. The van der Waals surface area contributed by atoms with E-state index in [1.165, 1.54) is 76.2 Å². The van der Waals surface area contributed by atoms with Gasteiger partial charge in [-0.05, 0) is 40.0 Å². The molecular formula is C23H44O3. The molecule has 0 fully saturated rings. The van der Waals surface area contributed by atoms with E-state index in [-0.39, 0.29) is 0 Å². The summed E-state index contributed by atoms with van der Waals surface area (Å²) in [5.41, 5.74) is 0.809. The fourth-order valence-corrected chi connectivity index (χ4v) is 3.13. The SMILES string of the molecule is COCCOC(C)(C=O)CCCCCCCCCCCCCC=C(C)C. The lowest BCUT2D eigenvalue weighted by Crippen LogP contribution is -2.32. The molecule has 0 aromatic heterocycles. The highest BCUT2D eigenvalue weighted by Crippen LogP contribution is 2.18. The van der Waals surface area contributed by atoms with Crippen molar-refractivity contribution in [1.29, 1.82) is 0 Å².